The van der Waals surface area contributed by atoms with Crippen molar-refractivity contribution in [1.82, 2.24) is 0 Å². The molecule has 186 valence electrons. The van der Waals surface area contributed by atoms with E-state index >= 15 is 0 Å². The number of rotatable bonds is 8. The number of aryl methyl sites for hydroxylation is 4. The van der Waals surface area contributed by atoms with Crippen molar-refractivity contribution in [3.8, 4) is 23.0 Å². The van der Waals surface area contributed by atoms with Crippen LogP contribution in [0.15, 0.2) is 48.5 Å². The fourth-order valence-electron chi connectivity index (χ4n) is 3.54. The number of ether oxygens (including phenoxy) is 2. The summed E-state index contributed by atoms with van der Waals surface area (Å²) in [5, 5.41) is 19.5. The molecule has 36 heavy (non-hydrogen) atoms. The van der Waals surface area contributed by atoms with Gasteiger partial charge in [0.25, 0.3) is 10.2 Å². The van der Waals surface area contributed by atoms with Crippen LogP contribution in [0, 0.1) is 47.9 Å². The van der Waals surface area contributed by atoms with Crippen LogP contribution < -0.4 is 19.1 Å². The smallest absolute Gasteiger partial charge is 0.344 e. The zero-order chi connectivity index (χ0) is 26.6. The Hall–Kier alpha value is -5.00. The van der Waals surface area contributed by atoms with E-state index in [1.165, 1.54) is 48.5 Å². The van der Waals surface area contributed by atoms with Gasteiger partial charge in [0, 0.05) is 0 Å². The molecule has 0 N–H and O–H groups in total. The topological polar surface area (TPSA) is 157 Å². The summed E-state index contributed by atoms with van der Waals surface area (Å²) < 4.78 is 10.8. The highest BCUT2D eigenvalue weighted by Gasteiger charge is 2.22. The van der Waals surface area contributed by atoms with Gasteiger partial charge in [-0.15, -0.1) is 20.2 Å². The second-order valence-corrected chi connectivity index (χ2v) is 7.73. The van der Waals surface area contributed by atoms with Gasteiger partial charge in [0.2, 0.25) is 0 Å². The van der Waals surface area contributed by atoms with E-state index in [2.05, 4.69) is 9.68 Å². The van der Waals surface area contributed by atoms with Crippen molar-refractivity contribution in [3.05, 3.63) is 102 Å². The largest absolute Gasteiger partial charge is 0.423 e. The Kier molecular flexibility index (Phi) is 7.48. The summed E-state index contributed by atoms with van der Waals surface area (Å²) in [6.07, 6.45) is 0. The molecule has 3 rings (SSSR count). The number of carbonyl (C=O) groups excluding carboxylic acids is 2. The summed E-state index contributed by atoms with van der Waals surface area (Å²) in [5.74, 6) is -1.45. The first-order chi connectivity index (χ1) is 17.0. The fourth-order valence-corrected chi connectivity index (χ4v) is 3.54. The van der Waals surface area contributed by atoms with Gasteiger partial charge in [0.15, 0.2) is 0 Å². The molecule has 0 aliphatic heterocycles. The summed E-state index contributed by atoms with van der Waals surface area (Å²) >= 11 is 0. The van der Waals surface area contributed by atoms with Crippen molar-refractivity contribution in [2.75, 3.05) is 0 Å². The standard InChI is InChI=1S/C24H20N2O10/c1-13-9-17(10-14(2)21(13)35-25(29)30)33-23(27)19-7-5-6-8-20(19)24(28)34-18-11-15(3)22(16(4)12-18)36-26(31)32/h5-12H,1-4H3. The zero-order valence-electron chi connectivity index (χ0n) is 19.6. The molecule has 3 aromatic carbocycles. The van der Waals surface area contributed by atoms with Gasteiger partial charge in [-0.05, 0) is 86.3 Å². The summed E-state index contributed by atoms with van der Waals surface area (Å²) in [4.78, 5) is 56.2. The van der Waals surface area contributed by atoms with Crippen LogP contribution in [0.1, 0.15) is 43.0 Å². The van der Waals surface area contributed by atoms with E-state index in [9.17, 15) is 29.8 Å². The molecule has 0 fully saturated rings. The van der Waals surface area contributed by atoms with E-state index in [1.807, 2.05) is 0 Å². The third-order valence-electron chi connectivity index (χ3n) is 4.99. The van der Waals surface area contributed by atoms with Gasteiger partial charge in [-0.2, -0.15) is 0 Å². The quantitative estimate of drug-likeness (QED) is 0.188. The van der Waals surface area contributed by atoms with Gasteiger partial charge in [-0.3, -0.25) is 9.68 Å². The molecule has 0 spiro atoms. The summed E-state index contributed by atoms with van der Waals surface area (Å²) in [7, 11) is 0. The van der Waals surface area contributed by atoms with Crippen LogP contribution in [0.2, 0.25) is 0 Å². The van der Waals surface area contributed by atoms with Crippen LogP contribution in [0.4, 0.5) is 0 Å². The molecular weight excluding hydrogens is 476 g/mol. The first-order valence-corrected chi connectivity index (χ1v) is 10.4. The van der Waals surface area contributed by atoms with Gasteiger partial charge < -0.3 is 9.47 Å². The van der Waals surface area contributed by atoms with E-state index < -0.39 is 22.1 Å². The molecule has 0 amide bonds. The van der Waals surface area contributed by atoms with E-state index in [0.29, 0.717) is 22.3 Å². The SMILES string of the molecule is Cc1cc(OC(=O)c2ccccc2C(=O)Oc2cc(C)c(O[N+](=O)[O-])c(C)c2)cc(C)c1O[N+](=O)[O-]. The van der Waals surface area contributed by atoms with Crippen LogP contribution in [-0.2, 0) is 0 Å². The molecule has 3 aromatic rings. The van der Waals surface area contributed by atoms with Crippen molar-refractivity contribution < 1.29 is 38.9 Å². The van der Waals surface area contributed by atoms with Crippen LogP contribution >= 0.6 is 0 Å². The number of hydrogen-bond donors (Lipinski definition) is 0. The predicted octanol–water partition coefficient (Wildman–Crippen LogP) is 4.50. The molecular formula is C24H20N2O10. The maximum Gasteiger partial charge on any atom is 0.344 e. The Morgan fingerprint density at radius 3 is 1.22 bits per heavy atom. The van der Waals surface area contributed by atoms with Crippen molar-refractivity contribution >= 4 is 11.9 Å². The summed E-state index contributed by atoms with van der Waals surface area (Å²) in [6, 6.07) is 11.4. The lowest BCUT2D eigenvalue weighted by atomic mass is 10.1. The summed E-state index contributed by atoms with van der Waals surface area (Å²) in [5.41, 5.74) is 1.33. The van der Waals surface area contributed by atoms with Gasteiger partial charge in [-0.25, -0.2) is 9.59 Å². The lowest BCUT2D eigenvalue weighted by Gasteiger charge is -2.13. The number of carbonyl (C=O) groups is 2. The van der Waals surface area contributed by atoms with Crippen LogP contribution in [-0.4, -0.2) is 22.1 Å². The van der Waals surface area contributed by atoms with E-state index in [1.54, 1.807) is 27.7 Å². The van der Waals surface area contributed by atoms with Crippen molar-refractivity contribution in [3.63, 3.8) is 0 Å². The molecule has 0 heterocycles. The molecule has 0 radical (unpaired) electrons. The predicted molar refractivity (Wildman–Crippen MR) is 123 cm³/mol. The maximum atomic E-state index is 12.9. The number of nitrogens with zero attached hydrogens (tertiary/aromatic N) is 2. The summed E-state index contributed by atoms with van der Waals surface area (Å²) in [6.45, 7) is 6.22. The van der Waals surface area contributed by atoms with Crippen LogP contribution in [0.25, 0.3) is 0 Å². The van der Waals surface area contributed by atoms with Crippen molar-refractivity contribution in [2.45, 2.75) is 27.7 Å². The molecule has 12 nitrogen and oxygen atoms in total. The van der Waals surface area contributed by atoms with E-state index in [0.717, 1.165) is 0 Å². The number of benzene rings is 3. The highest BCUT2D eigenvalue weighted by atomic mass is 17.0. The normalized spacial score (nSPS) is 10.3. The molecule has 12 heteroatoms. The molecule has 0 aliphatic rings. The molecule has 0 saturated heterocycles. The van der Waals surface area contributed by atoms with Gasteiger partial charge in [-0.1, -0.05) is 12.1 Å². The first kappa shape index (κ1) is 25.6. The lowest BCUT2D eigenvalue weighted by molar-refractivity contribution is -0.711. The fraction of sp³-hybridized carbons (Fsp3) is 0.167. The van der Waals surface area contributed by atoms with E-state index in [4.69, 9.17) is 9.47 Å². The molecule has 0 bridgehead atoms. The van der Waals surface area contributed by atoms with Crippen molar-refractivity contribution in [2.24, 2.45) is 0 Å². The second-order valence-electron chi connectivity index (χ2n) is 7.73. The average molecular weight is 496 g/mol. The number of esters is 2. The Balaban J connectivity index is 1.83. The third kappa shape index (κ3) is 5.91. The molecule has 0 aliphatic carbocycles. The Morgan fingerprint density at radius 1 is 0.639 bits per heavy atom. The maximum absolute atomic E-state index is 12.9. The first-order valence-electron chi connectivity index (χ1n) is 10.4. The monoisotopic (exact) mass is 496 g/mol. The molecule has 0 atom stereocenters. The molecule has 0 aromatic heterocycles. The van der Waals surface area contributed by atoms with Crippen LogP contribution in [0.3, 0.4) is 0 Å². The Bertz CT molecular complexity index is 1230. The lowest BCUT2D eigenvalue weighted by Crippen LogP contribution is -2.18. The van der Waals surface area contributed by atoms with E-state index in [-0.39, 0.29) is 34.1 Å². The van der Waals surface area contributed by atoms with Crippen molar-refractivity contribution in [1.29, 1.82) is 0 Å². The highest BCUT2D eigenvalue weighted by molar-refractivity contribution is 6.04. The third-order valence-corrected chi connectivity index (χ3v) is 4.99. The molecule has 0 unspecified atom stereocenters. The van der Waals surface area contributed by atoms with Gasteiger partial charge in [0.1, 0.15) is 23.0 Å². The second kappa shape index (κ2) is 10.5. The Labute approximate surface area is 204 Å². The van der Waals surface area contributed by atoms with Crippen LogP contribution in [0.5, 0.6) is 23.0 Å². The average Bonchev–Trinajstić information content (AvgIpc) is 2.78. The minimum atomic E-state index is -0.936. The minimum Gasteiger partial charge on any atom is -0.423 e. The number of hydrogen-bond acceptors (Lipinski definition) is 10. The highest BCUT2D eigenvalue weighted by Crippen LogP contribution is 2.31. The Morgan fingerprint density at radius 2 is 0.944 bits per heavy atom. The van der Waals surface area contributed by atoms with Gasteiger partial charge in [0.05, 0.1) is 11.1 Å². The zero-order valence-corrected chi connectivity index (χ0v) is 19.6. The minimum absolute atomic E-state index is 0.0315. The van der Waals surface area contributed by atoms with Gasteiger partial charge >= 0.3 is 11.9 Å². The molecule has 0 saturated carbocycles.